The molecular formula is C21H19N3O4. The van der Waals surface area contributed by atoms with E-state index < -0.39 is 17.4 Å². The Bertz CT molecular complexity index is 969. The van der Waals surface area contributed by atoms with Gasteiger partial charge in [0.15, 0.2) is 16.9 Å². The minimum absolute atomic E-state index is 0.146. The molecule has 0 radical (unpaired) electrons. The van der Waals surface area contributed by atoms with E-state index in [1.165, 1.54) is 4.90 Å². The van der Waals surface area contributed by atoms with E-state index in [9.17, 15) is 14.9 Å². The summed E-state index contributed by atoms with van der Waals surface area (Å²) >= 11 is 0. The SMILES string of the molecule is CN1C(=O)C[C@@](C#N)(C(=O)NCc2ccc3c(c2)OCO3)[C@H]1c1ccccc1. The number of nitriles is 1. The van der Waals surface area contributed by atoms with E-state index in [0.29, 0.717) is 11.5 Å². The Morgan fingerprint density at radius 3 is 2.75 bits per heavy atom. The summed E-state index contributed by atoms with van der Waals surface area (Å²) in [5, 5.41) is 12.8. The zero-order valence-electron chi connectivity index (χ0n) is 15.3. The third kappa shape index (κ3) is 2.83. The van der Waals surface area contributed by atoms with Crippen LogP contribution in [0.1, 0.15) is 23.6 Å². The first-order valence-electron chi connectivity index (χ1n) is 8.94. The van der Waals surface area contributed by atoms with Crippen molar-refractivity contribution in [1.29, 1.82) is 5.26 Å². The molecule has 1 saturated heterocycles. The molecular weight excluding hydrogens is 358 g/mol. The highest BCUT2D eigenvalue weighted by Gasteiger charge is 2.56. The van der Waals surface area contributed by atoms with Gasteiger partial charge in [-0.2, -0.15) is 5.26 Å². The molecule has 4 rings (SSSR count). The third-order valence-electron chi connectivity index (χ3n) is 5.29. The van der Waals surface area contributed by atoms with Gasteiger partial charge in [0.2, 0.25) is 18.6 Å². The first kappa shape index (κ1) is 17.9. The number of carbonyl (C=O) groups excluding carboxylic acids is 2. The number of fused-ring (bicyclic) bond motifs is 1. The van der Waals surface area contributed by atoms with E-state index in [1.54, 1.807) is 19.2 Å². The summed E-state index contributed by atoms with van der Waals surface area (Å²) in [6, 6.07) is 16.1. The minimum Gasteiger partial charge on any atom is -0.454 e. The average Bonchev–Trinajstić information content (AvgIpc) is 3.29. The first-order chi connectivity index (χ1) is 13.5. The zero-order valence-corrected chi connectivity index (χ0v) is 15.3. The number of nitrogens with one attached hydrogen (secondary N) is 1. The van der Waals surface area contributed by atoms with Crippen LogP contribution in [-0.2, 0) is 16.1 Å². The topological polar surface area (TPSA) is 91.7 Å². The summed E-state index contributed by atoms with van der Waals surface area (Å²) in [5.74, 6) is 0.600. The number of rotatable bonds is 4. The van der Waals surface area contributed by atoms with Crippen molar-refractivity contribution in [2.75, 3.05) is 13.8 Å². The van der Waals surface area contributed by atoms with Crippen molar-refractivity contribution in [1.82, 2.24) is 10.2 Å². The fourth-order valence-corrected chi connectivity index (χ4v) is 3.82. The highest BCUT2D eigenvalue weighted by molar-refractivity contribution is 5.95. The fourth-order valence-electron chi connectivity index (χ4n) is 3.82. The monoisotopic (exact) mass is 377 g/mol. The number of amides is 2. The molecule has 0 spiro atoms. The van der Waals surface area contributed by atoms with Crippen molar-refractivity contribution in [2.45, 2.75) is 19.0 Å². The maximum atomic E-state index is 13.1. The Balaban J connectivity index is 1.58. The maximum Gasteiger partial charge on any atom is 0.243 e. The lowest BCUT2D eigenvalue weighted by atomic mass is 9.77. The normalized spacial score (nSPS) is 22.8. The largest absolute Gasteiger partial charge is 0.454 e. The van der Waals surface area contributed by atoms with Crippen molar-refractivity contribution in [3.05, 3.63) is 59.7 Å². The second-order valence-corrected chi connectivity index (χ2v) is 6.95. The summed E-state index contributed by atoms with van der Waals surface area (Å²) < 4.78 is 10.6. The van der Waals surface area contributed by atoms with Gasteiger partial charge in [-0.15, -0.1) is 0 Å². The summed E-state index contributed by atoms with van der Waals surface area (Å²) in [4.78, 5) is 27.0. The van der Waals surface area contributed by atoms with E-state index in [2.05, 4.69) is 11.4 Å². The summed E-state index contributed by atoms with van der Waals surface area (Å²) in [5.41, 5.74) is 0.0963. The van der Waals surface area contributed by atoms with E-state index in [-0.39, 0.29) is 25.7 Å². The van der Waals surface area contributed by atoms with Gasteiger partial charge in [-0.1, -0.05) is 36.4 Å². The highest BCUT2D eigenvalue weighted by atomic mass is 16.7. The molecule has 0 aliphatic carbocycles. The molecule has 28 heavy (non-hydrogen) atoms. The van der Waals surface area contributed by atoms with Gasteiger partial charge in [-0.05, 0) is 23.3 Å². The number of carbonyl (C=O) groups is 2. The molecule has 2 amide bonds. The molecule has 1 N–H and O–H groups in total. The molecule has 1 fully saturated rings. The van der Waals surface area contributed by atoms with Crippen molar-refractivity contribution >= 4 is 11.8 Å². The van der Waals surface area contributed by atoms with Gasteiger partial charge >= 0.3 is 0 Å². The second kappa shape index (κ2) is 6.89. The van der Waals surface area contributed by atoms with Crippen molar-refractivity contribution in [3.63, 3.8) is 0 Å². The van der Waals surface area contributed by atoms with Crippen molar-refractivity contribution < 1.29 is 19.1 Å². The molecule has 2 aromatic rings. The second-order valence-electron chi connectivity index (χ2n) is 6.95. The van der Waals surface area contributed by atoms with Crippen molar-refractivity contribution in [2.24, 2.45) is 5.41 Å². The molecule has 0 unspecified atom stereocenters. The number of likely N-dealkylation sites (tertiary alicyclic amines) is 1. The molecule has 2 atom stereocenters. The van der Waals surface area contributed by atoms with Crippen LogP contribution in [0.3, 0.4) is 0 Å². The number of benzene rings is 2. The van der Waals surface area contributed by atoms with E-state index in [1.807, 2.05) is 36.4 Å². The zero-order chi connectivity index (χ0) is 19.7. The van der Waals surface area contributed by atoms with Crippen LogP contribution in [0.4, 0.5) is 0 Å². The van der Waals surface area contributed by atoms with Crippen LogP contribution in [0.15, 0.2) is 48.5 Å². The molecule has 2 aromatic carbocycles. The molecule has 0 aromatic heterocycles. The lowest BCUT2D eigenvalue weighted by Crippen LogP contribution is -2.43. The van der Waals surface area contributed by atoms with E-state index in [0.717, 1.165) is 11.1 Å². The summed E-state index contributed by atoms with van der Waals surface area (Å²) in [6.07, 6.45) is -0.146. The molecule has 7 nitrogen and oxygen atoms in total. The molecule has 142 valence electrons. The maximum absolute atomic E-state index is 13.1. The standard InChI is InChI=1S/C21H19N3O4/c1-24-18(25)10-21(12-22,19(24)15-5-3-2-4-6-15)20(26)23-11-14-7-8-16-17(9-14)28-13-27-16/h2-9,19H,10-11,13H2,1H3,(H,23,26)/t19-,21+/m1/s1. The van der Waals surface area contributed by atoms with Crippen LogP contribution in [0.2, 0.25) is 0 Å². The Hall–Kier alpha value is -3.53. The molecule has 7 heteroatoms. The Labute approximate surface area is 162 Å². The van der Waals surface area contributed by atoms with Gasteiger partial charge in [-0.3, -0.25) is 9.59 Å². The molecule has 2 aliphatic rings. The van der Waals surface area contributed by atoms with Gasteiger partial charge in [0.05, 0.1) is 18.5 Å². The fraction of sp³-hybridized carbons (Fsp3) is 0.286. The number of ether oxygens (including phenoxy) is 2. The van der Waals surface area contributed by atoms with Crippen LogP contribution >= 0.6 is 0 Å². The number of nitrogens with zero attached hydrogens (tertiary/aromatic N) is 2. The quantitative estimate of drug-likeness (QED) is 0.881. The summed E-state index contributed by atoms with van der Waals surface area (Å²) in [7, 11) is 1.63. The lowest BCUT2D eigenvalue weighted by molar-refractivity contribution is -0.130. The molecule has 2 heterocycles. The Morgan fingerprint density at radius 1 is 1.25 bits per heavy atom. The number of hydrogen-bond acceptors (Lipinski definition) is 5. The van der Waals surface area contributed by atoms with Crippen LogP contribution in [0.25, 0.3) is 0 Å². The molecule has 0 saturated carbocycles. The van der Waals surface area contributed by atoms with Gasteiger partial charge in [0, 0.05) is 13.6 Å². The third-order valence-corrected chi connectivity index (χ3v) is 5.29. The van der Waals surface area contributed by atoms with E-state index >= 15 is 0 Å². The smallest absolute Gasteiger partial charge is 0.243 e. The van der Waals surface area contributed by atoms with Crippen LogP contribution in [0.5, 0.6) is 11.5 Å². The predicted octanol–water partition coefficient (Wildman–Crippen LogP) is 2.14. The van der Waals surface area contributed by atoms with Crippen LogP contribution in [-0.4, -0.2) is 30.6 Å². The van der Waals surface area contributed by atoms with Gasteiger partial charge in [0.1, 0.15) is 0 Å². The minimum atomic E-state index is -1.48. The Morgan fingerprint density at radius 2 is 2.00 bits per heavy atom. The molecule has 2 aliphatic heterocycles. The van der Waals surface area contributed by atoms with Gasteiger partial charge in [0.25, 0.3) is 0 Å². The van der Waals surface area contributed by atoms with Crippen molar-refractivity contribution in [3.8, 4) is 17.6 Å². The lowest BCUT2D eigenvalue weighted by Gasteiger charge is -2.30. The first-order valence-corrected chi connectivity index (χ1v) is 8.94. The predicted molar refractivity (Wildman–Crippen MR) is 99.0 cm³/mol. The average molecular weight is 377 g/mol. The number of hydrogen-bond donors (Lipinski definition) is 1. The Kier molecular flexibility index (Phi) is 4.40. The van der Waals surface area contributed by atoms with E-state index in [4.69, 9.17) is 9.47 Å². The van der Waals surface area contributed by atoms with Crippen LogP contribution in [0, 0.1) is 16.7 Å². The van der Waals surface area contributed by atoms with Gasteiger partial charge < -0.3 is 19.7 Å². The summed E-state index contributed by atoms with van der Waals surface area (Å²) in [6.45, 7) is 0.397. The highest BCUT2D eigenvalue weighted by Crippen LogP contribution is 2.47. The molecule has 0 bridgehead atoms. The van der Waals surface area contributed by atoms with Crippen LogP contribution < -0.4 is 14.8 Å². The van der Waals surface area contributed by atoms with Gasteiger partial charge in [-0.25, -0.2) is 0 Å².